The van der Waals surface area contributed by atoms with E-state index in [1.54, 1.807) is 11.8 Å². The van der Waals surface area contributed by atoms with Gasteiger partial charge in [0.15, 0.2) is 0 Å². The Labute approximate surface area is 113 Å². The Hall–Kier alpha value is -1.47. The minimum absolute atomic E-state index is 0.132. The van der Waals surface area contributed by atoms with Gasteiger partial charge in [0.05, 0.1) is 6.04 Å². The molecule has 1 atom stereocenters. The molecule has 0 unspecified atom stereocenters. The number of hydrogen-bond donors (Lipinski definition) is 1. The molecule has 1 heterocycles. The van der Waals surface area contributed by atoms with Crippen LogP contribution in [0.15, 0.2) is 22.7 Å². The number of aromatic nitrogens is 2. The quantitative estimate of drug-likeness (QED) is 0.915. The molecule has 0 aliphatic carbocycles. The molecular weight excluding hydrogens is 272 g/mol. The molecule has 1 aromatic heterocycles. The second-order valence-electron chi connectivity index (χ2n) is 4.00. The number of halogens is 2. The van der Waals surface area contributed by atoms with Crippen LogP contribution < -0.4 is 5.73 Å². The van der Waals surface area contributed by atoms with Gasteiger partial charge in [0, 0.05) is 11.6 Å². The lowest BCUT2D eigenvalue weighted by molar-refractivity contribution is 0.353. The topological polar surface area (TPSA) is 64.9 Å². The fourth-order valence-corrected chi connectivity index (χ4v) is 2.04. The largest absolute Gasteiger partial charge is 0.337 e. The zero-order valence-electron chi connectivity index (χ0n) is 10.3. The van der Waals surface area contributed by atoms with Gasteiger partial charge >= 0.3 is 0 Å². The molecule has 19 heavy (non-hydrogen) atoms. The number of benzene rings is 1. The van der Waals surface area contributed by atoms with Gasteiger partial charge in [0.1, 0.15) is 11.6 Å². The van der Waals surface area contributed by atoms with Gasteiger partial charge in [-0.2, -0.15) is 16.7 Å². The Kier molecular flexibility index (Phi) is 4.49. The maximum absolute atomic E-state index is 13.1. The van der Waals surface area contributed by atoms with Crippen molar-refractivity contribution in [1.29, 1.82) is 0 Å². The Bertz CT molecular complexity index is 541. The van der Waals surface area contributed by atoms with E-state index in [0.29, 0.717) is 6.42 Å². The van der Waals surface area contributed by atoms with Crippen LogP contribution in [0.3, 0.4) is 0 Å². The third kappa shape index (κ3) is 3.51. The molecule has 2 N–H and O–H groups in total. The second-order valence-corrected chi connectivity index (χ2v) is 4.99. The van der Waals surface area contributed by atoms with Crippen LogP contribution in [0.2, 0.25) is 0 Å². The zero-order valence-corrected chi connectivity index (χ0v) is 11.1. The Balaban J connectivity index is 2.20. The highest BCUT2D eigenvalue weighted by atomic mass is 32.2. The molecule has 4 nitrogen and oxygen atoms in total. The van der Waals surface area contributed by atoms with Gasteiger partial charge in [0.2, 0.25) is 11.7 Å². The summed E-state index contributed by atoms with van der Waals surface area (Å²) in [7, 11) is 0. The lowest BCUT2D eigenvalue weighted by Gasteiger charge is -2.03. The van der Waals surface area contributed by atoms with Crippen LogP contribution in [0, 0.1) is 11.6 Å². The molecule has 0 bridgehead atoms. The van der Waals surface area contributed by atoms with Crippen molar-refractivity contribution in [2.24, 2.45) is 5.73 Å². The van der Waals surface area contributed by atoms with Gasteiger partial charge < -0.3 is 10.3 Å². The molecule has 0 radical (unpaired) electrons. The van der Waals surface area contributed by atoms with Crippen molar-refractivity contribution in [2.45, 2.75) is 12.5 Å². The van der Waals surface area contributed by atoms with E-state index in [1.165, 1.54) is 0 Å². The van der Waals surface area contributed by atoms with Crippen molar-refractivity contribution >= 4 is 11.8 Å². The highest BCUT2D eigenvalue weighted by molar-refractivity contribution is 7.98. The monoisotopic (exact) mass is 285 g/mol. The van der Waals surface area contributed by atoms with E-state index in [1.807, 2.05) is 6.26 Å². The first-order valence-electron chi connectivity index (χ1n) is 5.64. The summed E-state index contributed by atoms with van der Waals surface area (Å²) in [4.78, 5) is 4.07. The van der Waals surface area contributed by atoms with E-state index >= 15 is 0 Å². The number of nitrogens with zero attached hydrogens (tertiary/aromatic N) is 2. The van der Waals surface area contributed by atoms with E-state index in [4.69, 9.17) is 10.3 Å². The standard InChI is InChI=1S/C12H13F2N3OS/c1-19-3-2-10(15)12-16-11(17-18-12)7-4-8(13)6-9(14)5-7/h4-6,10H,2-3,15H2,1H3/t10-/m0/s1. The molecule has 1 aromatic carbocycles. The van der Waals surface area contributed by atoms with Crippen molar-refractivity contribution in [3.05, 3.63) is 35.7 Å². The molecule has 0 aliphatic rings. The molecular formula is C12H13F2N3OS. The zero-order chi connectivity index (χ0) is 13.8. The maximum Gasteiger partial charge on any atom is 0.243 e. The van der Waals surface area contributed by atoms with Gasteiger partial charge in [-0.15, -0.1) is 0 Å². The highest BCUT2D eigenvalue weighted by Gasteiger charge is 2.16. The molecule has 0 amide bonds. The molecule has 0 fully saturated rings. The van der Waals surface area contributed by atoms with Gasteiger partial charge in [0.25, 0.3) is 0 Å². The second kappa shape index (κ2) is 6.12. The Morgan fingerprint density at radius 1 is 1.32 bits per heavy atom. The van der Waals surface area contributed by atoms with Gasteiger partial charge in [-0.3, -0.25) is 0 Å². The van der Waals surface area contributed by atoms with Gasteiger partial charge in [-0.1, -0.05) is 5.16 Å². The summed E-state index contributed by atoms with van der Waals surface area (Å²) in [6.45, 7) is 0. The summed E-state index contributed by atoms with van der Waals surface area (Å²) >= 11 is 1.66. The van der Waals surface area contributed by atoms with Crippen molar-refractivity contribution < 1.29 is 13.3 Å². The molecule has 0 saturated heterocycles. The third-order valence-electron chi connectivity index (χ3n) is 2.51. The fraction of sp³-hybridized carbons (Fsp3) is 0.333. The fourth-order valence-electron chi connectivity index (χ4n) is 1.55. The minimum Gasteiger partial charge on any atom is -0.337 e. The normalized spacial score (nSPS) is 12.6. The summed E-state index contributed by atoms with van der Waals surface area (Å²) in [5.41, 5.74) is 6.10. The molecule has 7 heteroatoms. The number of thioether (sulfide) groups is 1. The van der Waals surface area contributed by atoms with Crippen LogP contribution in [-0.4, -0.2) is 22.1 Å². The summed E-state index contributed by atoms with van der Waals surface area (Å²) in [6.07, 6.45) is 2.67. The molecule has 2 rings (SSSR count). The summed E-state index contributed by atoms with van der Waals surface area (Å²) in [5, 5.41) is 3.69. The van der Waals surface area contributed by atoms with Crippen molar-refractivity contribution in [1.82, 2.24) is 10.1 Å². The highest BCUT2D eigenvalue weighted by Crippen LogP contribution is 2.21. The first kappa shape index (κ1) is 14.0. The van der Waals surface area contributed by atoms with Gasteiger partial charge in [-0.25, -0.2) is 8.78 Å². The van der Waals surface area contributed by atoms with E-state index < -0.39 is 11.6 Å². The van der Waals surface area contributed by atoms with Crippen LogP contribution in [0.1, 0.15) is 18.4 Å². The lowest BCUT2D eigenvalue weighted by Crippen LogP contribution is -2.11. The molecule has 0 saturated carbocycles. The SMILES string of the molecule is CSCC[C@H](N)c1nc(-c2cc(F)cc(F)c2)no1. The van der Waals surface area contributed by atoms with Crippen LogP contribution >= 0.6 is 11.8 Å². The van der Waals surface area contributed by atoms with E-state index in [0.717, 1.165) is 24.0 Å². The van der Waals surface area contributed by atoms with E-state index in [2.05, 4.69) is 10.1 Å². The van der Waals surface area contributed by atoms with Crippen LogP contribution in [0.4, 0.5) is 8.78 Å². The predicted octanol–water partition coefficient (Wildman–Crippen LogP) is 2.77. The van der Waals surface area contributed by atoms with Crippen LogP contribution in [0.25, 0.3) is 11.4 Å². The van der Waals surface area contributed by atoms with Crippen molar-refractivity contribution in [2.75, 3.05) is 12.0 Å². The minimum atomic E-state index is -0.687. The number of hydrogen-bond acceptors (Lipinski definition) is 5. The summed E-state index contributed by atoms with van der Waals surface area (Å²) in [6, 6.07) is 2.71. The van der Waals surface area contributed by atoms with Crippen LogP contribution in [0.5, 0.6) is 0 Å². The molecule has 2 aromatic rings. The van der Waals surface area contributed by atoms with Crippen LogP contribution in [-0.2, 0) is 0 Å². The smallest absolute Gasteiger partial charge is 0.243 e. The van der Waals surface area contributed by atoms with Crippen molar-refractivity contribution in [3.8, 4) is 11.4 Å². The average Bonchev–Trinajstić information content (AvgIpc) is 2.84. The Morgan fingerprint density at radius 2 is 2.00 bits per heavy atom. The van der Waals surface area contributed by atoms with Gasteiger partial charge in [-0.05, 0) is 30.6 Å². The summed E-state index contributed by atoms with van der Waals surface area (Å²) < 4.78 is 31.2. The molecule has 0 aliphatic heterocycles. The number of rotatable bonds is 5. The maximum atomic E-state index is 13.1. The van der Waals surface area contributed by atoms with E-state index in [9.17, 15) is 8.78 Å². The van der Waals surface area contributed by atoms with E-state index in [-0.39, 0.29) is 23.3 Å². The van der Waals surface area contributed by atoms with Crippen molar-refractivity contribution in [3.63, 3.8) is 0 Å². The first-order valence-corrected chi connectivity index (χ1v) is 7.04. The lowest BCUT2D eigenvalue weighted by atomic mass is 10.2. The third-order valence-corrected chi connectivity index (χ3v) is 3.16. The predicted molar refractivity (Wildman–Crippen MR) is 69.6 cm³/mol. The molecule has 0 spiro atoms. The molecule has 102 valence electrons. The summed E-state index contributed by atoms with van der Waals surface area (Å²) in [5.74, 6) is -0.101. The average molecular weight is 285 g/mol. The number of nitrogens with two attached hydrogens (primary N) is 1. The first-order chi connectivity index (χ1) is 9.10. The Morgan fingerprint density at radius 3 is 2.63 bits per heavy atom.